The van der Waals surface area contributed by atoms with E-state index in [2.05, 4.69) is 14.7 Å². The zero-order valence-electron chi connectivity index (χ0n) is 13.4. The lowest BCUT2D eigenvalue weighted by atomic mass is 10.1. The van der Waals surface area contributed by atoms with Gasteiger partial charge in [0.1, 0.15) is 10.9 Å². The summed E-state index contributed by atoms with van der Waals surface area (Å²) in [6.07, 6.45) is 2.54. The smallest absolute Gasteiger partial charge is 0.321 e. The highest BCUT2D eigenvalue weighted by molar-refractivity contribution is 7.89. The second kappa shape index (κ2) is 7.50. The molecule has 24 heavy (non-hydrogen) atoms. The summed E-state index contributed by atoms with van der Waals surface area (Å²) in [6.45, 7) is 3.64. The van der Waals surface area contributed by atoms with E-state index in [1.807, 2.05) is 44.2 Å². The Morgan fingerprint density at radius 2 is 1.75 bits per heavy atom. The van der Waals surface area contributed by atoms with Crippen LogP contribution in [0.2, 0.25) is 0 Å². The van der Waals surface area contributed by atoms with Crippen molar-refractivity contribution in [1.82, 2.24) is 14.7 Å². The molecule has 8 heteroatoms. The molecule has 0 aliphatic carbocycles. The SMILES string of the molecule is CC(C)C[C@@H](NS(=O)(=O)c1cnc(-c2ccccc2)nc1)C(=O)O. The molecule has 2 rings (SSSR count). The molecule has 0 amide bonds. The van der Waals surface area contributed by atoms with E-state index in [9.17, 15) is 13.2 Å². The number of hydrogen-bond donors (Lipinski definition) is 2. The van der Waals surface area contributed by atoms with Crippen LogP contribution in [0.5, 0.6) is 0 Å². The molecule has 0 spiro atoms. The van der Waals surface area contributed by atoms with Gasteiger partial charge in [-0.2, -0.15) is 4.72 Å². The molecule has 2 aromatic rings. The molecular formula is C16H19N3O4S. The fourth-order valence-corrected chi connectivity index (χ4v) is 3.21. The van der Waals surface area contributed by atoms with E-state index < -0.39 is 22.0 Å². The molecule has 128 valence electrons. The number of carboxylic acid groups (broad SMARTS) is 1. The number of carboxylic acids is 1. The molecule has 0 saturated carbocycles. The van der Waals surface area contributed by atoms with Gasteiger partial charge in [0.2, 0.25) is 10.0 Å². The van der Waals surface area contributed by atoms with Crippen molar-refractivity contribution >= 4 is 16.0 Å². The summed E-state index contributed by atoms with van der Waals surface area (Å²) in [7, 11) is -4.00. The molecule has 0 unspecified atom stereocenters. The molecular weight excluding hydrogens is 330 g/mol. The van der Waals surface area contributed by atoms with Crippen LogP contribution in [0.3, 0.4) is 0 Å². The van der Waals surface area contributed by atoms with Crippen LogP contribution in [0.25, 0.3) is 11.4 Å². The summed E-state index contributed by atoms with van der Waals surface area (Å²) >= 11 is 0. The summed E-state index contributed by atoms with van der Waals surface area (Å²) in [5, 5.41) is 9.17. The first kappa shape index (κ1) is 18.0. The van der Waals surface area contributed by atoms with Crippen molar-refractivity contribution in [2.45, 2.75) is 31.2 Å². The minimum absolute atomic E-state index is 0.0329. The van der Waals surface area contributed by atoms with Crippen molar-refractivity contribution in [3.8, 4) is 11.4 Å². The molecule has 1 aromatic carbocycles. The van der Waals surface area contributed by atoms with E-state index in [0.717, 1.165) is 5.56 Å². The largest absolute Gasteiger partial charge is 0.480 e. The van der Waals surface area contributed by atoms with Crippen LogP contribution < -0.4 is 4.72 Å². The highest BCUT2D eigenvalue weighted by Gasteiger charge is 2.26. The Labute approximate surface area is 140 Å². The summed E-state index contributed by atoms with van der Waals surface area (Å²) in [6, 6.07) is 7.94. The lowest BCUT2D eigenvalue weighted by Gasteiger charge is -2.16. The number of aromatic nitrogens is 2. The molecule has 0 fully saturated rings. The highest BCUT2D eigenvalue weighted by Crippen LogP contribution is 2.16. The van der Waals surface area contributed by atoms with E-state index in [4.69, 9.17) is 5.11 Å². The average molecular weight is 349 g/mol. The zero-order chi connectivity index (χ0) is 17.7. The summed E-state index contributed by atoms with van der Waals surface area (Å²) in [5.74, 6) is -0.786. The summed E-state index contributed by atoms with van der Waals surface area (Å²) in [5.41, 5.74) is 0.762. The first-order valence-electron chi connectivity index (χ1n) is 7.42. The van der Waals surface area contributed by atoms with Crippen LogP contribution in [-0.2, 0) is 14.8 Å². The molecule has 0 aliphatic heterocycles. The Balaban J connectivity index is 2.21. The number of aliphatic carboxylic acids is 1. The van der Waals surface area contributed by atoms with Crippen molar-refractivity contribution in [2.24, 2.45) is 5.92 Å². The van der Waals surface area contributed by atoms with Crippen LogP contribution in [0, 0.1) is 5.92 Å². The lowest BCUT2D eigenvalue weighted by Crippen LogP contribution is -2.41. The number of sulfonamides is 1. The Kier molecular flexibility index (Phi) is 5.63. The van der Waals surface area contributed by atoms with Crippen LogP contribution >= 0.6 is 0 Å². The molecule has 7 nitrogen and oxygen atoms in total. The molecule has 1 aromatic heterocycles. The van der Waals surface area contributed by atoms with Crippen LogP contribution in [0.4, 0.5) is 0 Å². The van der Waals surface area contributed by atoms with Crippen LogP contribution in [0.1, 0.15) is 20.3 Å². The van der Waals surface area contributed by atoms with Gasteiger partial charge in [-0.3, -0.25) is 4.79 Å². The van der Waals surface area contributed by atoms with Crippen LogP contribution in [-0.4, -0.2) is 35.5 Å². The number of carbonyl (C=O) groups is 1. The Morgan fingerprint density at radius 1 is 1.17 bits per heavy atom. The molecule has 1 heterocycles. The van der Waals surface area contributed by atoms with Gasteiger partial charge in [-0.15, -0.1) is 0 Å². The van der Waals surface area contributed by atoms with E-state index in [-0.39, 0.29) is 17.2 Å². The van der Waals surface area contributed by atoms with Crippen molar-refractivity contribution in [1.29, 1.82) is 0 Å². The Bertz CT molecular complexity index is 790. The number of nitrogens with one attached hydrogen (secondary N) is 1. The first-order valence-corrected chi connectivity index (χ1v) is 8.90. The fourth-order valence-electron chi connectivity index (χ4n) is 2.12. The maximum atomic E-state index is 12.3. The van der Waals surface area contributed by atoms with Gasteiger partial charge in [-0.25, -0.2) is 18.4 Å². The first-order chi connectivity index (χ1) is 11.3. The third kappa shape index (κ3) is 4.59. The minimum atomic E-state index is -4.00. The van der Waals surface area contributed by atoms with Gasteiger partial charge in [0.05, 0.1) is 12.4 Å². The third-order valence-corrected chi connectivity index (χ3v) is 4.70. The third-order valence-electron chi connectivity index (χ3n) is 3.27. The second-order valence-electron chi connectivity index (χ2n) is 5.75. The topological polar surface area (TPSA) is 109 Å². The quantitative estimate of drug-likeness (QED) is 0.790. The maximum absolute atomic E-state index is 12.3. The normalized spacial score (nSPS) is 13.0. The second-order valence-corrected chi connectivity index (χ2v) is 7.46. The molecule has 2 N–H and O–H groups in total. The summed E-state index contributed by atoms with van der Waals surface area (Å²) < 4.78 is 26.8. The Hall–Kier alpha value is -2.32. The van der Waals surface area contributed by atoms with E-state index >= 15 is 0 Å². The van der Waals surface area contributed by atoms with Gasteiger partial charge >= 0.3 is 5.97 Å². The van der Waals surface area contributed by atoms with Gasteiger partial charge in [-0.05, 0) is 12.3 Å². The number of rotatable bonds is 7. The Morgan fingerprint density at radius 3 is 2.25 bits per heavy atom. The van der Waals surface area contributed by atoms with Crippen molar-refractivity contribution in [3.05, 3.63) is 42.7 Å². The van der Waals surface area contributed by atoms with Gasteiger partial charge in [-0.1, -0.05) is 44.2 Å². The van der Waals surface area contributed by atoms with E-state index in [0.29, 0.717) is 5.82 Å². The zero-order valence-corrected chi connectivity index (χ0v) is 14.2. The van der Waals surface area contributed by atoms with E-state index in [1.54, 1.807) is 0 Å². The van der Waals surface area contributed by atoms with Crippen molar-refractivity contribution in [2.75, 3.05) is 0 Å². The standard InChI is InChI=1S/C16H19N3O4S/c1-11(2)8-14(16(20)21)19-24(22,23)13-9-17-15(18-10-13)12-6-4-3-5-7-12/h3-7,9-11,14,19H,8H2,1-2H3,(H,20,21)/t14-/m1/s1. The average Bonchev–Trinajstić information content (AvgIpc) is 2.54. The maximum Gasteiger partial charge on any atom is 0.321 e. The van der Waals surface area contributed by atoms with Gasteiger partial charge in [0.15, 0.2) is 5.82 Å². The fraction of sp³-hybridized carbons (Fsp3) is 0.312. The predicted octanol–water partition coefficient (Wildman–Crippen LogP) is 1.92. The molecule has 1 atom stereocenters. The minimum Gasteiger partial charge on any atom is -0.480 e. The molecule has 0 saturated heterocycles. The molecule has 0 aliphatic rings. The summed E-state index contributed by atoms with van der Waals surface area (Å²) in [4.78, 5) is 19.2. The van der Waals surface area contributed by atoms with Gasteiger partial charge in [0.25, 0.3) is 0 Å². The predicted molar refractivity (Wildman–Crippen MR) is 88.7 cm³/mol. The van der Waals surface area contributed by atoms with Crippen molar-refractivity contribution in [3.63, 3.8) is 0 Å². The van der Waals surface area contributed by atoms with E-state index in [1.165, 1.54) is 12.4 Å². The van der Waals surface area contributed by atoms with Crippen molar-refractivity contribution < 1.29 is 18.3 Å². The molecule has 0 radical (unpaired) electrons. The number of hydrogen-bond acceptors (Lipinski definition) is 5. The number of nitrogens with zero attached hydrogens (tertiary/aromatic N) is 2. The number of benzene rings is 1. The van der Waals surface area contributed by atoms with Gasteiger partial charge in [0, 0.05) is 5.56 Å². The monoisotopic (exact) mass is 349 g/mol. The molecule has 0 bridgehead atoms. The lowest BCUT2D eigenvalue weighted by molar-refractivity contribution is -0.139. The van der Waals surface area contributed by atoms with Gasteiger partial charge < -0.3 is 5.11 Å². The van der Waals surface area contributed by atoms with Crippen LogP contribution in [0.15, 0.2) is 47.6 Å². The highest BCUT2D eigenvalue weighted by atomic mass is 32.2.